The molecule has 0 unspecified atom stereocenters. The number of anilines is 1. The summed E-state index contributed by atoms with van der Waals surface area (Å²) in [6.45, 7) is 5.26. The molecule has 2 aromatic carbocycles. The van der Waals surface area contributed by atoms with Crippen molar-refractivity contribution in [1.29, 1.82) is 0 Å². The Hall–Kier alpha value is -2.41. The fraction of sp³-hybridized carbons (Fsp3) is 0.278. The van der Waals surface area contributed by atoms with Gasteiger partial charge in [0, 0.05) is 6.54 Å². The molecule has 0 aliphatic rings. The molecule has 0 spiro atoms. The topological polar surface area (TPSA) is 74.7 Å². The van der Waals surface area contributed by atoms with E-state index < -0.39 is 21.8 Å². The number of hydrogen-bond acceptors (Lipinski definition) is 3. The average Bonchev–Trinajstić information content (AvgIpc) is 2.49. The molecule has 2 aromatic rings. The molecule has 0 heterocycles. The number of aliphatic carboxylic acids is 1. The number of carboxylic acids is 1. The van der Waals surface area contributed by atoms with Gasteiger partial charge in [-0.15, -0.1) is 0 Å². The first kappa shape index (κ1) is 18.9. The van der Waals surface area contributed by atoms with Gasteiger partial charge in [-0.05, 0) is 56.2 Å². The van der Waals surface area contributed by atoms with Crippen LogP contribution in [-0.4, -0.2) is 26.0 Å². The number of carbonyl (C=O) groups is 1. The first-order valence-corrected chi connectivity index (χ1v) is 9.15. The van der Waals surface area contributed by atoms with Gasteiger partial charge in [0.25, 0.3) is 10.0 Å². The Kier molecular flexibility index (Phi) is 5.47. The molecule has 0 aliphatic carbocycles. The Morgan fingerprint density at radius 2 is 1.60 bits per heavy atom. The Morgan fingerprint density at radius 3 is 2.08 bits per heavy atom. The average molecular weight is 365 g/mol. The number of rotatable bonds is 6. The Balaban J connectivity index is 2.60. The van der Waals surface area contributed by atoms with Crippen LogP contribution in [0.15, 0.2) is 41.3 Å². The second kappa shape index (κ2) is 7.23. The standard InChI is InChI=1S/C18H20FNO4S/c1-12-10-13(2)18(14(3)11-12)20(9-8-17(21)22)25(23,24)16-6-4-15(19)5-7-16/h4-7,10-11H,8-9H2,1-3H3,(H,21,22). The minimum Gasteiger partial charge on any atom is -0.481 e. The lowest BCUT2D eigenvalue weighted by Crippen LogP contribution is -2.34. The third kappa shape index (κ3) is 4.17. The van der Waals surface area contributed by atoms with Crippen LogP contribution < -0.4 is 4.31 Å². The highest BCUT2D eigenvalue weighted by atomic mass is 32.2. The van der Waals surface area contributed by atoms with Crippen LogP contribution in [-0.2, 0) is 14.8 Å². The third-order valence-electron chi connectivity index (χ3n) is 3.82. The quantitative estimate of drug-likeness (QED) is 0.851. The minimum atomic E-state index is -4.02. The molecular weight excluding hydrogens is 345 g/mol. The molecule has 2 rings (SSSR count). The summed E-state index contributed by atoms with van der Waals surface area (Å²) in [7, 11) is -4.02. The molecule has 0 fully saturated rings. The second-order valence-electron chi connectivity index (χ2n) is 5.92. The molecule has 0 atom stereocenters. The molecule has 134 valence electrons. The lowest BCUT2D eigenvalue weighted by Gasteiger charge is -2.27. The number of aryl methyl sites for hydroxylation is 3. The maximum Gasteiger partial charge on any atom is 0.305 e. The lowest BCUT2D eigenvalue weighted by molar-refractivity contribution is -0.136. The van der Waals surface area contributed by atoms with Crippen LogP contribution in [0.1, 0.15) is 23.1 Å². The fourth-order valence-corrected chi connectivity index (χ4v) is 4.44. The van der Waals surface area contributed by atoms with Crippen molar-refractivity contribution in [2.45, 2.75) is 32.1 Å². The predicted octanol–water partition coefficient (Wildman–Crippen LogP) is 3.42. The molecule has 0 aromatic heterocycles. The van der Waals surface area contributed by atoms with E-state index in [1.54, 1.807) is 13.8 Å². The summed E-state index contributed by atoms with van der Waals surface area (Å²) in [5.41, 5.74) is 2.90. The molecule has 0 aliphatic heterocycles. The number of carboxylic acid groups (broad SMARTS) is 1. The monoisotopic (exact) mass is 365 g/mol. The van der Waals surface area contributed by atoms with Gasteiger partial charge in [0.15, 0.2) is 0 Å². The van der Waals surface area contributed by atoms with Crippen molar-refractivity contribution in [2.75, 3.05) is 10.8 Å². The van der Waals surface area contributed by atoms with E-state index in [4.69, 9.17) is 5.11 Å². The van der Waals surface area contributed by atoms with Crippen molar-refractivity contribution < 1.29 is 22.7 Å². The molecule has 5 nitrogen and oxygen atoms in total. The number of sulfonamides is 1. The van der Waals surface area contributed by atoms with Crippen LogP contribution in [0.2, 0.25) is 0 Å². The van der Waals surface area contributed by atoms with Crippen LogP contribution >= 0.6 is 0 Å². The van der Waals surface area contributed by atoms with Crippen molar-refractivity contribution in [3.63, 3.8) is 0 Å². The fourth-order valence-electron chi connectivity index (χ4n) is 2.85. The second-order valence-corrected chi connectivity index (χ2v) is 7.78. The Morgan fingerprint density at radius 1 is 1.08 bits per heavy atom. The summed E-state index contributed by atoms with van der Waals surface area (Å²) >= 11 is 0. The smallest absolute Gasteiger partial charge is 0.305 e. The van der Waals surface area contributed by atoms with Crippen LogP contribution in [0.4, 0.5) is 10.1 Å². The highest BCUT2D eigenvalue weighted by Gasteiger charge is 2.28. The zero-order chi connectivity index (χ0) is 18.8. The molecule has 25 heavy (non-hydrogen) atoms. The summed E-state index contributed by atoms with van der Waals surface area (Å²) < 4.78 is 40.3. The van der Waals surface area contributed by atoms with E-state index in [2.05, 4.69) is 0 Å². The molecule has 0 radical (unpaired) electrons. The van der Waals surface area contributed by atoms with Gasteiger partial charge in [-0.3, -0.25) is 9.10 Å². The van der Waals surface area contributed by atoms with Gasteiger partial charge in [-0.1, -0.05) is 17.7 Å². The predicted molar refractivity (Wildman–Crippen MR) is 93.8 cm³/mol. The van der Waals surface area contributed by atoms with E-state index in [0.29, 0.717) is 5.69 Å². The molecule has 0 saturated heterocycles. The first-order chi connectivity index (χ1) is 11.6. The van der Waals surface area contributed by atoms with Gasteiger partial charge in [-0.2, -0.15) is 0 Å². The van der Waals surface area contributed by atoms with Gasteiger partial charge >= 0.3 is 5.97 Å². The molecule has 0 saturated carbocycles. The van der Waals surface area contributed by atoms with Crippen LogP contribution in [0.5, 0.6) is 0 Å². The molecule has 7 heteroatoms. The number of benzene rings is 2. The molecular formula is C18H20FNO4S. The number of nitrogens with zero attached hydrogens (tertiary/aromatic N) is 1. The van der Waals surface area contributed by atoms with Crippen LogP contribution in [0.25, 0.3) is 0 Å². The molecule has 1 N–H and O–H groups in total. The van der Waals surface area contributed by atoms with Crippen molar-refractivity contribution in [1.82, 2.24) is 0 Å². The zero-order valence-corrected chi connectivity index (χ0v) is 15.1. The third-order valence-corrected chi connectivity index (χ3v) is 5.63. The molecule has 0 amide bonds. The molecule has 0 bridgehead atoms. The summed E-state index contributed by atoms with van der Waals surface area (Å²) in [5.74, 6) is -1.64. The van der Waals surface area contributed by atoms with Crippen molar-refractivity contribution >= 4 is 21.7 Å². The maximum atomic E-state index is 13.1. The maximum absolute atomic E-state index is 13.1. The summed E-state index contributed by atoms with van der Waals surface area (Å²) in [4.78, 5) is 10.9. The normalized spacial score (nSPS) is 11.4. The Labute approximate surface area is 146 Å². The largest absolute Gasteiger partial charge is 0.481 e. The minimum absolute atomic E-state index is 0.0846. The van der Waals surface area contributed by atoms with E-state index in [1.807, 2.05) is 19.1 Å². The summed E-state index contributed by atoms with van der Waals surface area (Å²) in [6.07, 6.45) is -0.340. The van der Waals surface area contributed by atoms with Gasteiger partial charge in [0.05, 0.1) is 17.0 Å². The first-order valence-electron chi connectivity index (χ1n) is 7.71. The zero-order valence-electron chi connectivity index (χ0n) is 14.3. The highest BCUT2D eigenvalue weighted by Crippen LogP contribution is 2.31. The van der Waals surface area contributed by atoms with Crippen molar-refractivity contribution in [2.24, 2.45) is 0 Å². The number of halogens is 1. The lowest BCUT2D eigenvalue weighted by atomic mass is 10.1. The van der Waals surface area contributed by atoms with Crippen molar-refractivity contribution in [3.8, 4) is 0 Å². The van der Waals surface area contributed by atoms with Crippen LogP contribution in [0.3, 0.4) is 0 Å². The van der Waals surface area contributed by atoms with Crippen LogP contribution in [0, 0.1) is 26.6 Å². The van der Waals surface area contributed by atoms with Gasteiger partial charge in [0.2, 0.25) is 0 Å². The Bertz CT molecular complexity index is 869. The van der Waals surface area contributed by atoms with E-state index >= 15 is 0 Å². The van der Waals surface area contributed by atoms with Gasteiger partial charge < -0.3 is 5.11 Å². The highest BCUT2D eigenvalue weighted by molar-refractivity contribution is 7.92. The van der Waals surface area contributed by atoms with Crippen molar-refractivity contribution in [3.05, 3.63) is 58.9 Å². The van der Waals surface area contributed by atoms with Gasteiger partial charge in [0.1, 0.15) is 5.82 Å². The SMILES string of the molecule is Cc1cc(C)c(N(CCC(=O)O)S(=O)(=O)c2ccc(F)cc2)c(C)c1. The van der Waals surface area contributed by atoms with E-state index in [1.165, 1.54) is 12.1 Å². The van der Waals surface area contributed by atoms with Gasteiger partial charge in [-0.25, -0.2) is 12.8 Å². The summed E-state index contributed by atoms with van der Waals surface area (Å²) in [5, 5.41) is 8.99. The van der Waals surface area contributed by atoms with E-state index in [0.717, 1.165) is 33.1 Å². The van der Waals surface area contributed by atoms with E-state index in [9.17, 15) is 17.6 Å². The summed E-state index contributed by atoms with van der Waals surface area (Å²) in [6, 6.07) is 8.18. The van der Waals surface area contributed by atoms with E-state index in [-0.39, 0.29) is 17.9 Å². The number of hydrogen-bond donors (Lipinski definition) is 1.